The van der Waals surface area contributed by atoms with Crippen LogP contribution < -0.4 is 4.90 Å². The van der Waals surface area contributed by atoms with Crippen molar-refractivity contribution in [2.45, 2.75) is 6.42 Å². The number of hydrogen-bond donors (Lipinski definition) is 0. The van der Waals surface area contributed by atoms with Crippen molar-refractivity contribution >= 4 is 5.82 Å². The lowest BCUT2D eigenvalue weighted by Crippen LogP contribution is -2.47. The Kier molecular flexibility index (Phi) is 4.70. The van der Waals surface area contributed by atoms with Crippen LogP contribution in [-0.4, -0.2) is 57.6 Å². The monoisotopic (exact) mass is 334 g/mol. The maximum absolute atomic E-state index is 4.37. The van der Waals surface area contributed by atoms with Gasteiger partial charge in [0.15, 0.2) is 11.6 Å². The van der Waals surface area contributed by atoms with Crippen molar-refractivity contribution in [1.29, 1.82) is 0 Å². The van der Waals surface area contributed by atoms with Gasteiger partial charge in [-0.1, -0.05) is 30.3 Å². The van der Waals surface area contributed by atoms with Gasteiger partial charge >= 0.3 is 0 Å². The lowest BCUT2D eigenvalue weighted by Gasteiger charge is -2.35. The molecular formula is C19H22N6. The molecule has 0 spiro atoms. The van der Waals surface area contributed by atoms with Gasteiger partial charge in [0.25, 0.3) is 0 Å². The number of rotatable bonds is 5. The van der Waals surface area contributed by atoms with E-state index in [1.807, 2.05) is 24.4 Å². The molecule has 1 fully saturated rings. The first-order chi connectivity index (χ1) is 12.4. The standard InChI is InChI=1S/C19H22N6/c1-2-5-17(6-3-1)9-12-23-13-15-24(16-14-23)18-7-8-19(22-21-18)25-11-4-10-20-25/h1-8,10-11H,9,12-16H2. The van der Waals surface area contributed by atoms with Crippen LogP contribution in [0.15, 0.2) is 60.9 Å². The molecule has 2 aromatic heterocycles. The molecule has 128 valence electrons. The Balaban J connectivity index is 1.29. The molecule has 3 heterocycles. The summed E-state index contributed by atoms with van der Waals surface area (Å²) in [5.74, 6) is 1.69. The summed E-state index contributed by atoms with van der Waals surface area (Å²) >= 11 is 0. The maximum Gasteiger partial charge on any atom is 0.175 e. The van der Waals surface area contributed by atoms with Crippen molar-refractivity contribution in [1.82, 2.24) is 24.9 Å². The molecular weight excluding hydrogens is 312 g/mol. The third kappa shape index (κ3) is 3.85. The molecule has 0 atom stereocenters. The van der Waals surface area contributed by atoms with E-state index in [-0.39, 0.29) is 0 Å². The quantitative estimate of drug-likeness (QED) is 0.714. The topological polar surface area (TPSA) is 50.1 Å². The van der Waals surface area contributed by atoms with Crippen LogP contribution in [0.2, 0.25) is 0 Å². The fourth-order valence-corrected chi connectivity index (χ4v) is 3.15. The fourth-order valence-electron chi connectivity index (χ4n) is 3.15. The highest BCUT2D eigenvalue weighted by molar-refractivity contribution is 5.40. The van der Waals surface area contributed by atoms with Gasteiger partial charge in [0.1, 0.15) is 0 Å². The number of piperazine rings is 1. The zero-order chi connectivity index (χ0) is 16.9. The molecule has 0 N–H and O–H groups in total. The summed E-state index contributed by atoms with van der Waals surface area (Å²) in [7, 11) is 0. The molecule has 0 amide bonds. The summed E-state index contributed by atoms with van der Waals surface area (Å²) in [5.41, 5.74) is 1.41. The van der Waals surface area contributed by atoms with Crippen LogP contribution in [0.25, 0.3) is 5.82 Å². The van der Waals surface area contributed by atoms with Crippen molar-refractivity contribution in [2.75, 3.05) is 37.6 Å². The third-order valence-electron chi connectivity index (χ3n) is 4.63. The number of anilines is 1. The minimum Gasteiger partial charge on any atom is -0.353 e. The Hall–Kier alpha value is -2.73. The van der Waals surface area contributed by atoms with Gasteiger partial charge in [0.2, 0.25) is 0 Å². The highest BCUT2D eigenvalue weighted by Gasteiger charge is 2.18. The van der Waals surface area contributed by atoms with E-state index in [1.165, 1.54) is 5.56 Å². The number of nitrogens with zero attached hydrogens (tertiary/aromatic N) is 6. The smallest absolute Gasteiger partial charge is 0.175 e. The fraction of sp³-hybridized carbons (Fsp3) is 0.316. The van der Waals surface area contributed by atoms with Gasteiger partial charge in [-0.15, -0.1) is 10.2 Å². The van der Waals surface area contributed by atoms with Gasteiger partial charge in [-0.05, 0) is 30.2 Å². The summed E-state index contributed by atoms with van der Waals surface area (Å²) < 4.78 is 1.72. The van der Waals surface area contributed by atoms with Crippen LogP contribution in [0.3, 0.4) is 0 Å². The summed E-state index contributed by atoms with van der Waals surface area (Å²) in [5, 5.41) is 12.8. The van der Waals surface area contributed by atoms with E-state index in [2.05, 4.69) is 55.4 Å². The van der Waals surface area contributed by atoms with E-state index in [0.29, 0.717) is 0 Å². The van der Waals surface area contributed by atoms with Crippen molar-refractivity contribution in [3.8, 4) is 5.82 Å². The van der Waals surface area contributed by atoms with Crippen LogP contribution in [0.4, 0.5) is 5.82 Å². The van der Waals surface area contributed by atoms with E-state index in [4.69, 9.17) is 0 Å². The molecule has 0 radical (unpaired) electrons. The first-order valence-corrected chi connectivity index (χ1v) is 8.73. The van der Waals surface area contributed by atoms with Gasteiger partial charge in [-0.3, -0.25) is 4.90 Å². The molecule has 0 aliphatic carbocycles. The highest BCUT2D eigenvalue weighted by atomic mass is 15.4. The zero-order valence-electron chi connectivity index (χ0n) is 14.2. The van der Waals surface area contributed by atoms with E-state index in [9.17, 15) is 0 Å². The molecule has 0 unspecified atom stereocenters. The summed E-state index contributed by atoms with van der Waals surface area (Å²) in [6.07, 6.45) is 4.72. The molecule has 6 heteroatoms. The van der Waals surface area contributed by atoms with Gasteiger partial charge in [-0.25, -0.2) is 4.68 Å². The van der Waals surface area contributed by atoms with E-state index in [1.54, 1.807) is 10.9 Å². The lowest BCUT2D eigenvalue weighted by atomic mass is 10.1. The van der Waals surface area contributed by atoms with Crippen LogP contribution in [0.1, 0.15) is 5.56 Å². The third-order valence-corrected chi connectivity index (χ3v) is 4.63. The Morgan fingerprint density at radius 2 is 1.56 bits per heavy atom. The number of hydrogen-bond acceptors (Lipinski definition) is 5. The molecule has 0 saturated carbocycles. The molecule has 0 bridgehead atoms. The molecule has 25 heavy (non-hydrogen) atoms. The van der Waals surface area contributed by atoms with Crippen LogP contribution in [-0.2, 0) is 6.42 Å². The average Bonchev–Trinajstić information content (AvgIpc) is 3.23. The molecule has 6 nitrogen and oxygen atoms in total. The Morgan fingerprint density at radius 1 is 0.800 bits per heavy atom. The summed E-state index contributed by atoms with van der Waals surface area (Å²) in [6, 6.07) is 16.6. The Morgan fingerprint density at radius 3 is 2.24 bits per heavy atom. The van der Waals surface area contributed by atoms with Crippen molar-refractivity contribution in [3.63, 3.8) is 0 Å². The molecule has 1 aromatic carbocycles. The molecule has 4 rings (SSSR count). The molecule has 1 saturated heterocycles. The van der Waals surface area contributed by atoms with E-state index < -0.39 is 0 Å². The minimum absolute atomic E-state index is 0.746. The summed E-state index contributed by atoms with van der Waals surface area (Å²) in [4.78, 5) is 4.83. The van der Waals surface area contributed by atoms with Crippen molar-refractivity contribution in [3.05, 3.63) is 66.5 Å². The van der Waals surface area contributed by atoms with Gasteiger partial charge < -0.3 is 4.90 Å². The van der Waals surface area contributed by atoms with Crippen molar-refractivity contribution < 1.29 is 0 Å². The first-order valence-electron chi connectivity index (χ1n) is 8.73. The van der Waals surface area contributed by atoms with Crippen LogP contribution >= 0.6 is 0 Å². The van der Waals surface area contributed by atoms with Gasteiger partial charge in [-0.2, -0.15) is 5.10 Å². The molecule has 3 aromatic rings. The predicted octanol–water partition coefficient (Wildman–Crippen LogP) is 2.03. The molecule has 1 aliphatic heterocycles. The van der Waals surface area contributed by atoms with Gasteiger partial charge in [0, 0.05) is 45.1 Å². The Bertz CT molecular complexity index is 761. The number of benzene rings is 1. The van der Waals surface area contributed by atoms with E-state index in [0.717, 1.165) is 50.8 Å². The van der Waals surface area contributed by atoms with Crippen LogP contribution in [0, 0.1) is 0 Å². The molecule has 1 aliphatic rings. The second-order valence-corrected chi connectivity index (χ2v) is 6.26. The second kappa shape index (κ2) is 7.44. The van der Waals surface area contributed by atoms with Crippen molar-refractivity contribution in [2.24, 2.45) is 0 Å². The predicted molar refractivity (Wildman–Crippen MR) is 98.0 cm³/mol. The average molecular weight is 334 g/mol. The minimum atomic E-state index is 0.746. The zero-order valence-corrected chi connectivity index (χ0v) is 14.2. The van der Waals surface area contributed by atoms with Crippen LogP contribution in [0.5, 0.6) is 0 Å². The van der Waals surface area contributed by atoms with E-state index >= 15 is 0 Å². The first kappa shape index (κ1) is 15.8. The maximum atomic E-state index is 4.37. The SMILES string of the molecule is c1ccc(CCN2CCN(c3ccc(-n4cccn4)nn3)CC2)cc1. The number of aromatic nitrogens is 4. The highest BCUT2D eigenvalue weighted by Crippen LogP contribution is 2.14. The second-order valence-electron chi connectivity index (χ2n) is 6.26. The van der Waals surface area contributed by atoms with Gasteiger partial charge in [0.05, 0.1) is 0 Å². The lowest BCUT2D eigenvalue weighted by molar-refractivity contribution is 0.260. The largest absolute Gasteiger partial charge is 0.353 e. The Labute approximate surface area is 147 Å². The summed E-state index contributed by atoms with van der Waals surface area (Å²) in [6.45, 7) is 5.22. The normalized spacial score (nSPS) is 15.4.